The molecule has 1 amide bonds. The molecule has 126 valence electrons. The number of rotatable bonds is 2. The summed E-state index contributed by atoms with van der Waals surface area (Å²) < 4.78 is 0. The van der Waals surface area contributed by atoms with E-state index in [9.17, 15) is 4.79 Å². The molecule has 0 saturated heterocycles. The molecule has 0 saturated carbocycles. The zero-order valence-corrected chi connectivity index (χ0v) is 14.7. The summed E-state index contributed by atoms with van der Waals surface area (Å²) in [5.74, 6) is 0.0795. The number of H-pyrrole nitrogens is 1. The number of carbonyl (C=O) groups excluding carboxylic acids is 1. The van der Waals surface area contributed by atoms with Crippen molar-refractivity contribution in [2.75, 3.05) is 6.54 Å². The van der Waals surface area contributed by atoms with E-state index in [1.165, 1.54) is 27.8 Å². The third-order valence-electron chi connectivity index (χ3n) is 5.03. The zero-order chi connectivity index (χ0) is 17.4. The van der Waals surface area contributed by atoms with Gasteiger partial charge in [0.1, 0.15) is 0 Å². The van der Waals surface area contributed by atoms with E-state index in [2.05, 4.69) is 55.2 Å². The van der Waals surface area contributed by atoms with E-state index in [0.29, 0.717) is 6.54 Å². The average molecular weight is 330 g/mol. The van der Waals surface area contributed by atoms with Crippen LogP contribution in [0.15, 0.2) is 48.5 Å². The molecule has 2 heterocycles. The van der Waals surface area contributed by atoms with Crippen LogP contribution in [0.1, 0.15) is 27.9 Å². The van der Waals surface area contributed by atoms with Gasteiger partial charge in [-0.2, -0.15) is 0 Å². The first-order chi connectivity index (χ1) is 12.1. The van der Waals surface area contributed by atoms with Gasteiger partial charge in [-0.15, -0.1) is 0 Å². The molecule has 1 aliphatic heterocycles. The van der Waals surface area contributed by atoms with Crippen molar-refractivity contribution in [3.05, 3.63) is 76.5 Å². The largest absolute Gasteiger partial charge is 0.358 e. The lowest BCUT2D eigenvalue weighted by Gasteiger charge is -2.26. The molecule has 3 nitrogen and oxygen atoms in total. The molecule has 3 heteroatoms. The number of carbonyl (C=O) groups is 1. The summed E-state index contributed by atoms with van der Waals surface area (Å²) in [7, 11) is 0. The number of nitrogens with one attached hydrogen (secondary N) is 1. The molecule has 0 fully saturated rings. The van der Waals surface area contributed by atoms with Crippen LogP contribution in [0.3, 0.4) is 0 Å². The number of benzene rings is 2. The highest BCUT2D eigenvalue weighted by molar-refractivity contribution is 5.93. The molecule has 1 aliphatic rings. The fourth-order valence-corrected chi connectivity index (χ4v) is 3.63. The number of para-hydroxylation sites is 1. The number of fused-ring (bicyclic) bond motifs is 3. The second kappa shape index (κ2) is 6.25. The van der Waals surface area contributed by atoms with Gasteiger partial charge in [0.05, 0.1) is 0 Å². The SMILES string of the molecule is Cc1ccc(/C=C/C(=O)N2CCc3[nH]c4ccccc4c3C2)c(C)c1. The maximum atomic E-state index is 12.6. The van der Waals surface area contributed by atoms with E-state index in [0.717, 1.165) is 24.0 Å². The molecule has 3 aromatic rings. The fourth-order valence-electron chi connectivity index (χ4n) is 3.63. The number of aryl methyl sites for hydroxylation is 2. The summed E-state index contributed by atoms with van der Waals surface area (Å²) >= 11 is 0. The lowest BCUT2D eigenvalue weighted by molar-refractivity contribution is -0.126. The average Bonchev–Trinajstić information content (AvgIpc) is 2.98. The molecule has 0 atom stereocenters. The maximum absolute atomic E-state index is 12.6. The molecule has 0 unspecified atom stereocenters. The predicted octanol–water partition coefficient (Wildman–Crippen LogP) is 4.38. The van der Waals surface area contributed by atoms with Gasteiger partial charge in [0.25, 0.3) is 0 Å². The molecule has 1 aromatic heterocycles. The van der Waals surface area contributed by atoms with Crippen molar-refractivity contribution in [2.24, 2.45) is 0 Å². The van der Waals surface area contributed by atoms with Crippen LogP contribution >= 0.6 is 0 Å². The standard InChI is InChI=1S/C22H22N2O/c1-15-7-8-17(16(2)13-15)9-10-22(25)24-12-11-21-19(14-24)18-5-3-4-6-20(18)23-21/h3-10,13,23H,11-12,14H2,1-2H3/b10-9+. The van der Waals surface area contributed by atoms with Crippen molar-refractivity contribution in [1.82, 2.24) is 9.88 Å². The van der Waals surface area contributed by atoms with Gasteiger partial charge < -0.3 is 9.88 Å². The molecule has 0 bridgehead atoms. The van der Waals surface area contributed by atoms with Crippen LogP contribution in [0.5, 0.6) is 0 Å². The van der Waals surface area contributed by atoms with Crippen LogP contribution in [0.4, 0.5) is 0 Å². The predicted molar refractivity (Wildman–Crippen MR) is 102 cm³/mol. The van der Waals surface area contributed by atoms with Gasteiger partial charge in [-0.1, -0.05) is 42.0 Å². The minimum atomic E-state index is 0.0795. The first kappa shape index (κ1) is 15.7. The number of hydrogen-bond acceptors (Lipinski definition) is 1. The zero-order valence-electron chi connectivity index (χ0n) is 14.7. The molecule has 1 N–H and O–H groups in total. The van der Waals surface area contributed by atoms with Gasteiger partial charge in [0.15, 0.2) is 0 Å². The van der Waals surface area contributed by atoms with Gasteiger partial charge in [-0.25, -0.2) is 0 Å². The van der Waals surface area contributed by atoms with Gasteiger partial charge in [0, 0.05) is 47.7 Å². The van der Waals surface area contributed by atoms with E-state index in [4.69, 9.17) is 0 Å². The molecule has 0 spiro atoms. The third-order valence-corrected chi connectivity index (χ3v) is 5.03. The Morgan fingerprint density at radius 2 is 2.00 bits per heavy atom. The minimum absolute atomic E-state index is 0.0795. The first-order valence-electron chi connectivity index (χ1n) is 8.74. The third kappa shape index (κ3) is 2.98. The van der Waals surface area contributed by atoms with Gasteiger partial charge in [-0.3, -0.25) is 4.79 Å². The Labute approximate surface area is 148 Å². The lowest BCUT2D eigenvalue weighted by atomic mass is 10.0. The maximum Gasteiger partial charge on any atom is 0.246 e. The number of amides is 1. The van der Waals surface area contributed by atoms with Gasteiger partial charge in [0.2, 0.25) is 5.91 Å². The topological polar surface area (TPSA) is 36.1 Å². The molecule has 0 aliphatic carbocycles. The quantitative estimate of drug-likeness (QED) is 0.695. The van der Waals surface area contributed by atoms with Crippen molar-refractivity contribution in [3.8, 4) is 0 Å². The van der Waals surface area contributed by atoms with Crippen LogP contribution in [-0.2, 0) is 17.8 Å². The highest BCUT2D eigenvalue weighted by Gasteiger charge is 2.22. The number of aromatic amines is 1. The first-order valence-corrected chi connectivity index (χ1v) is 8.74. The molecule has 25 heavy (non-hydrogen) atoms. The van der Waals surface area contributed by atoms with Gasteiger partial charge >= 0.3 is 0 Å². The summed E-state index contributed by atoms with van der Waals surface area (Å²) in [6, 6.07) is 14.6. The van der Waals surface area contributed by atoms with Crippen molar-refractivity contribution in [2.45, 2.75) is 26.8 Å². The molecule has 0 radical (unpaired) electrons. The number of nitrogens with zero attached hydrogens (tertiary/aromatic N) is 1. The Hall–Kier alpha value is -2.81. The summed E-state index contributed by atoms with van der Waals surface area (Å²) in [6.07, 6.45) is 4.52. The Morgan fingerprint density at radius 3 is 2.84 bits per heavy atom. The van der Waals surface area contributed by atoms with E-state index < -0.39 is 0 Å². The van der Waals surface area contributed by atoms with Crippen LogP contribution in [0, 0.1) is 13.8 Å². The van der Waals surface area contributed by atoms with Gasteiger partial charge in [-0.05, 0) is 37.1 Å². The van der Waals surface area contributed by atoms with Crippen molar-refractivity contribution in [1.29, 1.82) is 0 Å². The van der Waals surface area contributed by atoms with Crippen molar-refractivity contribution >= 4 is 22.9 Å². The fraction of sp³-hybridized carbons (Fsp3) is 0.227. The second-order valence-electron chi connectivity index (χ2n) is 6.83. The minimum Gasteiger partial charge on any atom is -0.358 e. The normalized spacial score (nSPS) is 14.2. The van der Waals surface area contributed by atoms with E-state index in [-0.39, 0.29) is 5.91 Å². The van der Waals surface area contributed by atoms with E-state index in [1.807, 2.05) is 17.0 Å². The number of aromatic nitrogens is 1. The Bertz CT molecular complexity index is 981. The van der Waals surface area contributed by atoms with E-state index >= 15 is 0 Å². The Balaban J connectivity index is 1.55. The Kier molecular flexibility index (Phi) is 3.92. The summed E-state index contributed by atoms with van der Waals surface area (Å²) in [5.41, 5.74) is 7.22. The smallest absolute Gasteiger partial charge is 0.246 e. The van der Waals surface area contributed by atoms with E-state index in [1.54, 1.807) is 6.08 Å². The number of hydrogen-bond donors (Lipinski definition) is 1. The van der Waals surface area contributed by atoms with Crippen molar-refractivity contribution < 1.29 is 4.79 Å². The monoisotopic (exact) mass is 330 g/mol. The molecule has 2 aromatic carbocycles. The van der Waals surface area contributed by atoms with Crippen LogP contribution in [0.25, 0.3) is 17.0 Å². The second-order valence-corrected chi connectivity index (χ2v) is 6.83. The molecular formula is C22H22N2O. The van der Waals surface area contributed by atoms with Crippen LogP contribution < -0.4 is 0 Å². The molecule has 4 rings (SSSR count). The summed E-state index contributed by atoms with van der Waals surface area (Å²) in [4.78, 5) is 18.1. The molecular weight excluding hydrogens is 308 g/mol. The highest BCUT2D eigenvalue weighted by atomic mass is 16.2. The lowest BCUT2D eigenvalue weighted by Crippen LogP contribution is -2.34. The summed E-state index contributed by atoms with van der Waals surface area (Å²) in [5, 5.41) is 1.23. The van der Waals surface area contributed by atoms with Crippen molar-refractivity contribution in [3.63, 3.8) is 0 Å². The highest BCUT2D eigenvalue weighted by Crippen LogP contribution is 2.27. The van der Waals surface area contributed by atoms with Crippen LogP contribution in [-0.4, -0.2) is 22.3 Å². The van der Waals surface area contributed by atoms with Crippen LogP contribution in [0.2, 0.25) is 0 Å². The Morgan fingerprint density at radius 1 is 1.16 bits per heavy atom. The summed E-state index contributed by atoms with van der Waals surface area (Å²) in [6.45, 7) is 5.60.